The van der Waals surface area contributed by atoms with Crippen molar-refractivity contribution in [1.29, 1.82) is 0 Å². The van der Waals surface area contributed by atoms with Crippen molar-refractivity contribution in [3.63, 3.8) is 0 Å². The van der Waals surface area contributed by atoms with Crippen molar-refractivity contribution in [2.75, 3.05) is 19.2 Å². The van der Waals surface area contributed by atoms with Gasteiger partial charge in [0.05, 0.1) is 18.5 Å². The molecule has 3 aromatic rings. The van der Waals surface area contributed by atoms with Crippen LogP contribution in [0.1, 0.15) is 16.7 Å². The summed E-state index contributed by atoms with van der Waals surface area (Å²) in [7, 11) is 3.45. The Morgan fingerprint density at radius 1 is 1.00 bits per heavy atom. The summed E-state index contributed by atoms with van der Waals surface area (Å²) in [5, 5.41) is 1.62. The van der Waals surface area contributed by atoms with Gasteiger partial charge < -0.3 is 14.5 Å². The highest BCUT2D eigenvalue weighted by Crippen LogP contribution is 2.28. The molecule has 0 aliphatic heterocycles. The fourth-order valence-electron chi connectivity index (χ4n) is 3.01. The lowest BCUT2D eigenvalue weighted by Crippen LogP contribution is -2.26. The van der Waals surface area contributed by atoms with E-state index in [1.165, 1.54) is 0 Å². The van der Waals surface area contributed by atoms with Gasteiger partial charge in [0.25, 0.3) is 0 Å². The molecule has 0 bridgehead atoms. The molecule has 0 fully saturated rings. The molecule has 0 saturated heterocycles. The van der Waals surface area contributed by atoms with Crippen LogP contribution in [-0.4, -0.2) is 19.1 Å². The number of aryl methyl sites for hydroxylation is 2. The van der Waals surface area contributed by atoms with Crippen molar-refractivity contribution in [1.82, 2.24) is 4.98 Å². The third kappa shape index (κ3) is 4.20. The van der Waals surface area contributed by atoms with E-state index in [-0.39, 0.29) is 0 Å². The number of hydrogen-bond acceptors (Lipinski definition) is 5. The lowest BCUT2D eigenvalue weighted by atomic mass is 10.1. The molecule has 27 heavy (non-hydrogen) atoms. The van der Waals surface area contributed by atoms with Gasteiger partial charge in [-0.3, -0.25) is 0 Å². The molecule has 0 atom stereocenters. The van der Waals surface area contributed by atoms with Crippen molar-refractivity contribution in [2.24, 2.45) is 5.84 Å². The van der Waals surface area contributed by atoms with Gasteiger partial charge in [0.1, 0.15) is 12.4 Å². The quantitative estimate of drug-likeness (QED) is 0.524. The first-order chi connectivity index (χ1) is 13.0. The van der Waals surface area contributed by atoms with E-state index in [0.717, 1.165) is 39.4 Å². The van der Waals surface area contributed by atoms with Gasteiger partial charge in [0.15, 0.2) is 0 Å². The Bertz CT molecular complexity index is 939. The summed E-state index contributed by atoms with van der Waals surface area (Å²) in [5.41, 5.74) is 6.14. The van der Waals surface area contributed by atoms with Gasteiger partial charge in [0, 0.05) is 24.2 Å². The normalized spacial score (nSPS) is 10.6. The summed E-state index contributed by atoms with van der Waals surface area (Å²) in [5.74, 6) is 7.39. The number of hydrogen-bond donors (Lipinski definition) is 1. The third-order valence-corrected chi connectivity index (χ3v) is 4.54. The molecule has 0 aliphatic rings. The largest absolute Gasteiger partial charge is 0.489 e. The molecule has 0 aliphatic carbocycles. The minimum atomic E-state index is 0.459. The van der Waals surface area contributed by atoms with Crippen LogP contribution in [0, 0.1) is 13.8 Å². The van der Waals surface area contributed by atoms with Crippen LogP contribution in [0.15, 0.2) is 54.6 Å². The SMILES string of the molecule is COc1cccc(-c2ccc(OCc3c(C)cccc3N(C)N)c(C)c2)n1. The zero-order valence-corrected chi connectivity index (χ0v) is 16.2. The summed E-state index contributed by atoms with van der Waals surface area (Å²) >= 11 is 0. The van der Waals surface area contributed by atoms with E-state index in [1.54, 1.807) is 12.1 Å². The Labute approximate surface area is 160 Å². The Hall–Kier alpha value is -3.05. The maximum absolute atomic E-state index is 6.10. The highest BCUT2D eigenvalue weighted by atomic mass is 16.5. The molecule has 1 heterocycles. The van der Waals surface area contributed by atoms with Crippen LogP contribution in [-0.2, 0) is 6.61 Å². The Kier molecular flexibility index (Phi) is 5.62. The predicted octanol–water partition coefficient (Wildman–Crippen LogP) is 4.26. The molecule has 2 N–H and O–H groups in total. The number of nitrogens with two attached hydrogens (primary N) is 1. The van der Waals surface area contributed by atoms with Crippen molar-refractivity contribution < 1.29 is 9.47 Å². The highest BCUT2D eigenvalue weighted by molar-refractivity contribution is 5.62. The Morgan fingerprint density at radius 3 is 2.48 bits per heavy atom. The number of rotatable bonds is 6. The van der Waals surface area contributed by atoms with E-state index in [9.17, 15) is 0 Å². The highest BCUT2D eigenvalue weighted by Gasteiger charge is 2.10. The minimum Gasteiger partial charge on any atom is -0.489 e. The summed E-state index contributed by atoms with van der Waals surface area (Å²) in [4.78, 5) is 4.49. The number of ether oxygens (including phenoxy) is 2. The number of anilines is 1. The molecule has 0 amide bonds. The standard InChI is InChI=1S/C22H25N3O2/c1-15-7-5-9-20(25(3)23)18(15)14-27-21-12-11-17(13-16(21)2)19-8-6-10-22(24-19)26-4/h5-13H,14,23H2,1-4H3. The summed E-state index contributed by atoms with van der Waals surface area (Å²) in [6.45, 7) is 4.56. The average Bonchev–Trinajstić information content (AvgIpc) is 2.67. The lowest BCUT2D eigenvalue weighted by Gasteiger charge is -2.20. The van der Waals surface area contributed by atoms with Crippen molar-refractivity contribution in [3.8, 4) is 22.9 Å². The Balaban J connectivity index is 1.82. The van der Waals surface area contributed by atoms with Gasteiger partial charge in [-0.15, -0.1) is 0 Å². The van der Waals surface area contributed by atoms with Crippen LogP contribution in [0.25, 0.3) is 11.3 Å². The molecular formula is C22H25N3O2. The van der Waals surface area contributed by atoms with Crippen LogP contribution in [0.2, 0.25) is 0 Å². The monoisotopic (exact) mass is 363 g/mol. The fraction of sp³-hybridized carbons (Fsp3) is 0.227. The van der Waals surface area contributed by atoms with Crippen LogP contribution in [0.4, 0.5) is 5.69 Å². The molecule has 0 unspecified atom stereocenters. The van der Waals surface area contributed by atoms with Gasteiger partial charge in [-0.25, -0.2) is 10.8 Å². The average molecular weight is 363 g/mol. The van der Waals surface area contributed by atoms with E-state index in [0.29, 0.717) is 12.5 Å². The molecule has 5 heteroatoms. The number of pyridine rings is 1. The van der Waals surface area contributed by atoms with Crippen LogP contribution < -0.4 is 20.3 Å². The van der Waals surface area contributed by atoms with Gasteiger partial charge in [-0.1, -0.05) is 18.2 Å². The molecule has 0 saturated carbocycles. The molecular weight excluding hydrogens is 338 g/mol. The zero-order valence-electron chi connectivity index (χ0n) is 16.2. The second kappa shape index (κ2) is 8.10. The molecule has 2 aromatic carbocycles. The summed E-state index contributed by atoms with van der Waals surface area (Å²) in [6, 6.07) is 17.9. The van der Waals surface area contributed by atoms with E-state index < -0.39 is 0 Å². The molecule has 5 nitrogen and oxygen atoms in total. The maximum atomic E-state index is 6.10. The zero-order chi connectivity index (χ0) is 19.4. The van der Waals surface area contributed by atoms with E-state index >= 15 is 0 Å². The number of hydrazine groups is 1. The Morgan fingerprint density at radius 2 is 1.78 bits per heavy atom. The van der Waals surface area contributed by atoms with Crippen LogP contribution in [0.3, 0.4) is 0 Å². The lowest BCUT2D eigenvalue weighted by molar-refractivity contribution is 0.303. The molecule has 140 valence electrons. The second-order valence-corrected chi connectivity index (χ2v) is 6.52. The minimum absolute atomic E-state index is 0.459. The van der Waals surface area contributed by atoms with Gasteiger partial charge >= 0.3 is 0 Å². The predicted molar refractivity (Wildman–Crippen MR) is 109 cm³/mol. The second-order valence-electron chi connectivity index (χ2n) is 6.52. The van der Waals surface area contributed by atoms with E-state index in [1.807, 2.05) is 56.4 Å². The van der Waals surface area contributed by atoms with Crippen LogP contribution in [0.5, 0.6) is 11.6 Å². The van der Waals surface area contributed by atoms with Gasteiger partial charge in [0.2, 0.25) is 5.88 Å². The number of methoxy groups -OCH3 is 1. The summed E-state index contributed by atoms with van der Waals surface area (Å²) in [6.07, 6.45) is 0. The van der Waals surface area contributed by atoms with Gasteiger partial charge in [-0.05, 0) is 55.3 Å². The number of benzene rings is 2. The smallest absolute Gasteiger partial charge is 0.213 e. The van der Waals surface area contributed by atoms with Crippen molar-refractivity contribution in [2.45, 2.75) is 20.5 Å². The van der Waals surface area contributed by atoms with Crippen molar-refractivity contribution in [3.05, 3.63) is 71.3 Å². The summed E-state index contributed by atoms with van der Waals surface area (Å²) < 4.78 is 11.3. The maximum Gasteiger partial charge on any atom is 0.213 e. The van der Waals surface area contributed by atoms with Gasteiger partial charge in [-0.2, -0.15) is 0 Å². The first-order valence-corrected chi connectivity index (χ1v) is 8.81. The molecule has 0 spiro atoms. The molecule has 0 radical (unpaired) electrons. The number of aromatic nitrogens is 1. The van der Waals surface area contributed by atoms with Crippen LogP contribution >= 0.6 is 0 Å². The fourth-order valence-corrected chi connectivity index (χ4v) is 3.01. The van der Waals surface area contributed by atoms with E-state index in [2.05, 4.69) is 24.0 Å². The van der Waals surface area contributed by atoms with E-state index in [4.69, 9.17) is 15.3 Å². The third-order valence-electron chi connectivity index (χ3n) is 4.54. The van der Waals surface area contributed by atoms with Crippen molar-refractivity contribution >= 4 is 5.69 Å². The molecule has 3 rings (SSSR count). The number of nitrogens with zero attached hydrogens (tertiary/aromatic N) is 2. The first-order valence-electron chi connectivity index (χ1n) is 8.81. The topological polar surface area (TPSA) is 60.6 Å². The molecule has 1 aromatic heterocycles. The first kappa shape index (κ1) is 18.7.